The third kappa shape index (κ3) is 1.36. The summed E-state index contributed by atoms with van der Waals surface area (Å²) in [6.45, 7) is 4.10. The summed E-state index contributed by atoms with van der Waals surface area (Å²) < 4.78 is 0. The second-order valence-corrected chi connectivity index (χ2v) is 6.29. The number of nitrogens with two attached hydrogens (primary N) is 1. The number of amides is 1. The van der Waals surface area contributed by atoms with Crippen LogP contribution in [0.15, 0.2) is 30.3 Å². The first-order valence-corrected chi connectivity index (χ1v) is 7.21. The van der Waals surface area contributed by atoms with E-state index in [1.54, 1.807) is 0 Å². The molecule has 1 aliphatic heterocycles. The molecule has 1 amide bonds. The van der Waals surface area contributed by atoms with Crippen molar-refractivity contribution in [2.45, 2.75) is 38.3 Å². The van der Waals surface area contributed by atoms with Gasteiger partial charge < -0.3 is 10.6 Å². The fraction of sp³-hybridized carbons (Fsp3) is 0.353. The summed E-state index contributed by atoms with van der Waals surface area (Å²) in [6, 6.07) is 10.3. The molecular weight excluding hydrogens is 248 g/mol. The van der Waals surface area contributed by atoms with Crippen molar-refractivity contribution < 1.29 is 4.79 Å². The Kier molecular flexibility index (Phi) is 2.15. The Bertz CT molecular complexity index is 744. The molecule has 1 aliphatic carbocycles. The lowest BCUT2D eigenvalue weighted by Crippen LogP contribution is -2.33. The number of carbonyl (C=O) groups excluding carboxylic acids is 1. The van der Waals surface area contributed by atoms with Crippen molar-refractivity contribution in [2.75, 3.05) is 4.90 Å². The molecule has 1 saturated carbocycles. The van der Waals surface area contributed by atoms with Crippen molar-refractivity contribution >= 4 is 22.4 Å². The Labute approximate surface area is 118 Å². The fourth-order valence-electron chi connectivity index (χ4n) is 3.36. The number of anilines is 1. The minimum Gasteiger partial charge on any atom is -0.321 e. The van der Waals surface area contributed by atoms with Gasteiger partial charge in [-0.05, 0) is 49.8 Å². The predicted molar refractivity (Wildman–Crippen MR) is 81.0 cm³/mol. The van der Waals surface area contributed by atoms with Crippen LogP contribution in [0.1, 0.15) is 42.6 Å². The molecule has 0 radical (unpaired) electrons. The van der Waals surface area contributed by atoms with Gasteiger partial charge in [0.25, 0.3) is 5.91 Å². The Morgan fingerprint density at radius 1 is 1.20 bits per heavy atom. The molecule has 0 unspecified atom stereocenters. The molecule has 102 valence electrons. The van der Waals surface area contributed by atoms with Gasteiger partial charge in [-0.1, -0.05) is 18.2 Å². The number of hydrogen-bond acceptors (Lipinski definition) is 2. The zero-order valence-electron chi connectivity index (χ0n) is 11.8. The van der Waals surface area contributed by atoms with Gasteiger partial charge in [-0.2, -0.15) is 0 Å². The van der Waals surface area contributed by atoms with E-state index in [1.807, 2.05) is 17.0 Å². The van der Waals surface area contributed by atoms with E-state index in [0.717, 1.165) is 34.9 Å². The summed E-state index contributed by atoms with van der Waals surface area (Å²) in [5, 5.41) is 2.23. The van der Waals surface area contributed by atoms with Crippen LogP contribution in [0.4, 0.5) is 5.69 Å². The molecule has 20 heavy (non-hydrogen) atoms. The Morgan fingerprint density at radius 2 is 1.95 bits per heavy atom. The van der Waals surface area contributed by atoms with Crippen molar-refractivity contribution in [1.29, 1.82) is 0 Å². The second kappa shape index (κ2) is 3.61. The van der Waals surface area contributed by atoms with Crippen molar-refractivity contribution in [1.82, 2.24) is 0 Å². The Morgan fingerprint density at radius 3 is 2.60 bits per heavy atom. The molecular formula is C17H18N2O. The fourth-order valence-corrected chi connectivity index (χ4v) is 3.36. The van der Waals surface area contributed by atoms with E-state index >= 15 is 0 Å². The number of benzene rings is 2. The van der Waals surface area contributed by atoms with E-state index in [2.05, 4.69) is 32.0 Å². The highest BCUT2D eigenvalue weighted by Gasteiger charge is 2.42. The minimum absolute atomic E-state index is 0.111. The second-order valence-electron chi connectivity index (χ2n) is 6.29. The number of nitrogens with zero attached hydrogens (tertiary/aromatic N) is 1. The van der Waals surface area contributed by atoms with Crippen LogP contribution in [-0.2, 0) is 5.54 Å². The topological polar surface area (TPSA) is 46.3 Å². The molecule has 0 atom stereocenters. The van der Waals surface area contributed by atoms with Gasteiger partial charge >= 0.3 is 0 Å². The van der Waals surface area contributed by atoms with Crippen molar-refractivity contribution in [3.8, 4) is 0 Å². The molecule has 0 spiro atoms. The molecule has 1 fully saturated rings. The van der Waals surface area contributed by atoms with E-state index in [-0.39, 0.29) is 17.5 Å². The Balaban J connectivity index is 2.06. The molecule has 0 bridgehead atoms. The first kappa shape index (κ1) is 11.9. The lowest BCUT2D eigenvalue weighted by atomic mass is 9.95. The van der Waals surface area contributed by atoms with E-state index < -0.39 is 0 Å². The standard InChI is InChI=1S/C17H18N2O/c1-10(2)19-14-7-6-13(17(18)8-9-17)11-4-3-5-12(15(11)14)16(19)20/h3-7,10H,8-9,18H2,1-2H3. The van der Waals surface area contributed by atoms with Crippen molar-refractivity contribution in [3.05, 3.63) is 41.5 Å². The van der Waals surface area contributed by atoms with Crippen LogP contribution in [0.25, 0.3) is 10.8 Å². The van der Waals surface area contributed by atoms with Gasteiger partial charge in [0.05, 0.1) is 5.69 Å². The minimum atomic E-state index is -0.175. The summed E-state index contributed by atoms with van der Waals surface area (Å²) in [4.78, 5) is 14.5. The lowest BCUT2D eigenvalue weighted by molar-refractivity contribution is 0.0987. The van der Waals surface area contributed by atoms with Crippen LogP contribution >= 0.6 is 0 Å². The summed E-state index contributed by atoms with van der Waals surface area (Å²) >= 11 is 0. The van der Waals surface area contributed by atoms with Gasteiger partial charge in [0.15, 0.2) is 0 Å². The van der Waals surface area contributed by atoms with Crippen LogP contribution in [0.2, 0.25) is 0 Å². The van der Waals surface area contributed by atoms with Gasteiger partial charge in [-0.15, -0.1) is 0 Å². The van der Waals surface area contributed by atoms with E-state index in [1.165, 1.54) is 5.56 Å². The van der Waals surface area contributed by atoms with Crippen LogP contribution in [0.5, 0.6) is 0 Å². The third-order valence-corrected chi connectivity index (χ3v) is 4.57. The highest BCUT2D eigenvalue weighted by Crippen LogP contribution is 2.49. The monoisotopic (exact) mass is 266 g/mol. The van der Waals surface area contributed by atoms with Crippen molar-refractivity contribution in [3.63, 3.8) is 0 Å². The number of hydrogen-bond donors (Lipinski definition) is 1. The number of rotatable bonds is 2. The molecule has 2 aromatic rings. The van der Waals surface area contributed by atoms with Crippen LogP contribution < -0.4 is 10.6 Å². The summed E-state index contributed by atoms with van der Waals surface area (Å²) in [5.41, 5.74) is 9.25. The average Bonchev–Trinajstić information content (AvgIpc) is 3.09. The number of carbonyl (C=O) groups is 1. The largest absolute Gasteiger partial charge is 0.321 e. The van der Waals surface area contributed by atoms with E-state index in [4.69, 9.17) is 5.73 Å². The van der Waals surface area contributed by atoms with Gasteiger partial charge in [-0.25, -0.2) is 0 Å². The van der Waals surface area contributed by atoms with Gasteiger partial charge in [0, 0.05) is 22.5 Å². The smallest absolute Gasteiger partial charge is 0.259 e. The Hall–Kier alpha value is -1.87. The van der Waals surface area contributed by atoms with Crippen LogP contribution in [0, 0.1) is 0 Å². The average molecular weight is 266 g/mol. The highest BCUT2D eigenvalue weighted by molar-refractivity contribution is 6.25. The third-order valence-electron chi connectivity index (χ3n) is 4.57. The first-order valence-electron chi connectivity index (χ1n) is 7.21. The zero-order chi connectivity index (χ0) is 14.1. The van der Waals surface area contributed by atoms with Gasteiger partial charge in [0.2, 0.25) is 0 Å². The van der Waals surface area contributed by atoms with Gasteiger partial charge in [0.1, 0.15) is 0 Å². The van der Waals surface area contributed by atoms with Crippen molar-refractivity contribution in [2.24, 2.45) is 5.73 Å². The normalized spacial score (nSPS) is 19.2. The maximum atomic E-state index is 12.6. The lowest BCUT2D eigenvalue weighted by Gasteiger charge is -2.22. The highest BCUT2D eigenvalue weighted by atomic mass is 16.2. The zero-order valence-corrected chi connectivity index (χ0v) is 11.8. The SMILES string of the molecule is CC(C)N1C(=O)c2cccc3c(C4(N)CC4)ccc1c23. The van der Waals surface area contributed by atoms with E-state index in [9.17, 15) is 4.79 Å². The van der Waals surface area contributed by atoms with Crippen LogP contribution in [-0.4, -0.2) is 11.9 Å². The van der Waals surface area contributed by atoms with Crippen LogP contribution in [0.3, 0.4) is 0 Å². The molecule has 2 aromatic carbocycles. The van der Waals surface area contributed by atoms with E-state index in [0.29, 0.717) is 0 Å². The molecule has 0 aromatic heterocycles. The first-order chi connectivity index (χ1) is 9.53. The molecule has 3 nitrogen and oxygen atoms in total. The molecule has 1 heterocycles. The summed E-state index contributed by atoms with van der Waals surface area (Å²) in [5.74, 6) is 0.111. The predicted octanol–water partition coefficient (Wildman–Crippen LogP) is 3.16. The molecule has 2 N–H and O–H groups in total. The molecule has 4 rings (SSSR count). The maximum Gasteiger partial charge on any atom is 0.259 e. The van der Waals surface area contributed by atoms with Gasteiger partial charge in [-0.3, -0.25) is 4.79 Å². The molecule has 2 aliphatic rings. The summed E-state index contributed by atoms with van der Waals surface area (Å²) in [7, 11) is 0. The quantitative estimate of drug-likeness (QED) is 0.907. The maximum absolute atomic E-state index is 12.6. The molecule has 0 saturated heterocycles. The molecule has 3 heteroatoms. The summed E-state index contributed by atoms with van der Waals surface area (Å²) in [6.07, 6.45) is 2.07.